The molecule has 0 amide bonds. The quantitative estimate of drug-likeness (QED) is 0.346. The second-order valence-electron chi connectivity index (χ2n) is 5.58. The molecule has 1 heterocycles. The van der Waals surface area contributed by atoms with Gasteiger partial charge < -0.3 is 9.47 Å². The van der Waals surface area contributed by atoms with Gasteiger partial charge in [-0.2, -0.15) is 0 Å². The van der Waals surface area contributed by atoms with Crippen LogP contribution in [0.1, 0.15) is 32.6 Å². The van der Waals surface area contributed by atoms with E-state index in [4.69, 9.17) is 9.47 Å². The van der Waals surface area contributed by atoms with Crippen LogP contribution in [-0.2, 0) is 23.9 Å². The van der Waals surface area contributed by atoms with Gasteiger partial charge in [-0.15, -0.1) is 0 Å². The van der Waals surface area contributed by atoms with Gasteiger partial charge in [0.2, 0.25) is 0 Å². The Balaban J connectivity index is 2.23. The summed E-state index contributed by atoms with van der Waals surface area (Å²) in [6.45, 7) is 5.33. The monoisotopic (exact) mass is 304 g/mol. The molecule has 1 aliphatic heterocycles. The minimum absolute atomic E-state index is 0.138. The van der Waals surface area contributed by atoms with E-state index in [1.807, 2.05) is 12.2 Å². The third-order valence-corrected chi connectivity index (χ3v) is 3.98. The fourth-order valence-electron chi connectivity index (χ4n) is 2.72. The van der Waals surface area contributed by atoms with Gasteiger partial charge in [0, 0.05) is 18.4 Å². The molecule has 5 nitrogen and oxygen atoms in total. The van der Waals surface area contributed by atoms with Crippen molar-refractivity contribution in [2.75, 3.05) is 6.61 Å². The van der Waals surface area contributed by atoms with Gasteiger partial charge in [0.05, 0.1) is 0 Å². The van der Waals surface area contributed by atoms with Gasteiger partial charge in [-0.05, 0) is 42.9 Å². The number of hydrogen-bond acceptors (Lipinski definition) is 5. The second kappa shape index (κ2) is 7.20. The highest BCUT2D eigenvalue weighted by molar-refractivity contribution is 5.91. The van der Waals surface area contributed by atoms with Crippen molar-refractivity contribution >= 4 is 18.2 Å². The summed E-state index contributed by atoms with van der Waals surface area (Å²) in [7, 11) is 0. The standard InChI is InChI=1S/C17H20O5/c1-11-15-7-6-13(9-18)4-3-5-14(10-21-12(2)19)8-16(15)22-17(11)20/h4,8-9,15-16H,1,3,5-7,10H2,2H3/b13-4+,14-8+/t15-,16+/m0/s1. The SMILES string of the molecule is C=C1C(=O)O[C@@H]2/C=C(/COC(C)=O)CC/C=C(/C=O)CC[C@@H]12. The highest BCUT2D eigenvalue weighted by atomic mass is 16.6. The molecule has 0 spiro atoms. The smallest absolute Gasteiger partial charge is 0.334 e. The molecule has 2 atom stereocenters. The van der Waals surface area contributed by atoms with Crippen molar-refractivity contribution in [3.63, 3.8) is 0 Å². The number of hydrogen-bond donors (Lipinski definition) is 0. The van der Waals surface area contributed by atoms with Gasteiger partial charge in [-0.25, -0.2) is 4.79 Å². The molecular formula is C17H20O5. The third-order valence-electron chi connectivity index (χ3n) is 3.98. The van der Waals surface area contributed by atoms with Crippen molar-refractivity contribution in [3.8, 4) is 0 Å². The van der Waals surface area contributed by atoms with E-state index in [1.54, 1.807) is 0 Å². The van der Waals surface area contributed by atoms with Crippen LogP contribution >= 0.6 is 0 Å². The maximum absolute atomic E-state index is 11.7. The largest absolute Gasteiger partial charge is 0.461 e. The lowest BCUT2D eigenvalue weighted by Gasteiger charge is -2.18. The minimum Gasteiger partial charge on any atom is -0.461 e. The minimum atomic E-state index is -0.394. The normalized spacial score (nSPS) is 30.2. The lowest BCUT2D eigenvalue weighted by molar-refractivity contribution is -0.140. The van der Waals surface area contributed by atoms with Crippen LogP contribution in [0.25, 0.3) is 0 Å². The Labute approximate surface area is 129 Å². The summed E-state index contributed by atoms with van der Waals surface area (Å²) in [6.07, 6.45) is 6.80. The van der Waals surface area contributed by atoms with Gasteiger partial charge in [0.15, 0.2) is 0 Å². The Kier molecular flexibility index (Phi) is 5.31. The summed E-state index contributed by atoms with van der Waals surface area (Å²) < 4.78 is 10.4. The van der Waals surface area contributed by atoms with Crippen molar-refractivity contribution in [1.82, 2.24) is 0 Å². The second-order valence-corrected chi connectivity index (χ2v) is 5.58. The molecule has 2 aliphatic rings. The molecule has 0 aromatic heterocycles. The highest BCUT2D eigenvalue weighted by Crippen LogP contribution is 2.34. The Morgan fingerprint density at radius 3 is 2.95 bits per heavy atom. The molecule has 118 valence electrons. The number of carbonyl (C=O) groups is 3. The van der Waals surface area contributed by atoms with Crippen LogP contribution in [0.3, 0.4) is 0 Å². The molecule has 1 saturated heterocycles. The summed E-state index contributed by atoms with van der Waals surface area (Å²) in [5, 5.41) is 0. The zero-order valence-electron chi connectivity index (χ0n) is 12.7. The molecule has 0 radical (unpaired) electrons. The van der Waals surface area contributed by atoms with Crippen LogP contribution in [0, 0.1) is 5.92 Å². The van der Waals surface area contributed by atoms with Gasteiger partial charge in [-0.3, -0.25) is 9.59 Å². The Hall–Kier alpha value is -2.17. The van der Waals surface area contributed by atoms with E-state index in [2.05, 4.69) is 6.58 Å². The van der Waals surface area contributed by atoms with Crippen LogP contribution in [0.5, 0.6) is 0 Å². The number of aldehydes is 1. The molecule has 0 N–H and O–H groups in total. The van der Waals surface area contributed by atoms with Crippen LogP contribution in [0.2, 0.25) is 0 Å². The maximum atomic E-state index is 11.7. The number of esters is 2. The van der Waals surface area contributed by atoms with Gasteiger partial charge in [-0.1, -0.05) is 12.7 Å². The number of rotatable bonds is 3. The topological polar surface area (TPSA) is 69.7 Å². The number of allylic oxidation sites excluding steroid dienone is 2. The van der Waals surface area contributed by atoms with E-state index >= 15 is 0 Å². The van der Waals surface area contributed by atoms with E-state index < -0.39 is 12.1 Å². The van der Waals surface area contributed by atoms with E-state index in [0.29, 0.717) is 31.3 Å². The first-order valence-electron chi connectivity index (χ1n) is 7.38. The first-order chi connectivity index (χ1) is 10.5. The van der Waals surface area contributed by atoms with Crippen LogP contribution < -0.4 is 0 Å². The Morgan fingerprint density at radius 1 is 1.50 bits per heavy atom. The molecule has 0 aromatic carbocycles. The van der Waals surface area contributed by atoms with Gasteiger partial charge in [0.25, 0.3) is 0 Å². The summed E-state index contributed by atoms with van der Waals surface area (Å²) in [4.78, 5) is 33.8. The van der Waals surface area contributed by atoms with Crippen LogP contribution in [0.15, 0.2) is 35.5 Å². The molecule has 1 fully saturated rings. The summed E-state index contributed by atoms with van der Waals surface area (Å²) in [5.41, 5.74) is 2.05. The highest BCUT2D eigenvalue weighted by Gasteiger charge is 2.37. The lowest BCUT2D eigenvalue weighted by atomic mass is 9.88. The van der Waals surface area contributed by atoms with E-state index in [-0.39, 0.29) is 18.5 Å². The maximum Gasteiger partial charge on any atom is 0.334 e. The average Bonchev–Trinajstić information content (AvgIpc) is 2.75. The molecule has 0 bridgehead atoms. The molecule has 1 aliphatic carbocycles. The van der Waals surface area contributed by atoms with E-state index in [1.165, 1.54) is 6.92 Å². The fraction of sp³-hybridized carbons (Fsp3) is 0.471. The predicted molar refractivity (Wildman–Crippen MR) is 79.8 cm³/mol. The third kappa shape index (κ3) is 3.93. The lowest BCUT2D eigenvalue weighted by Crippen LogP contribution is -2.17. The van der Waals surface area contributed by atoms with Crippen LogP contribution in [-0.4, -0.2) is 30.9 Å². The summed E-state index contributed by atoms with van der Waals surface area (Å²) in [5.74, 6) is -0.887. The molecule has 2 rings (SSSR count). The molecule has 0 saturated carbocycles. The van der Waals surface area contributed by atoms with Crippen molar-refractivity contribution in [2.45, 2.75) is 38.7 Å². The first kappa shape index (κ1) is 16.2. The summed E-state index contributed by atoms with van der Waals surface area (Å²) >= 11 is 0. The molecule has 5 heteroatoms. The van der Waals surface area contributed by atoms with Crippen molar-refractivity contribution in [3.05, 3.63) is 35.5 Å². The van der Waals surface area contributed by atoms with Crippen molar-refractivity contribution in [1.29, 1.82) is 0 Å². The molecule has 0 unspecified atom stereocenters. The summed E-state index contributed by atoms with van der Waals surface area (Å²) in [6, 6.07) is 0. The van der Waals surface area contributed by atoms with Gasteiger partial charge >= 0.3 is 11.9 Å². The Bertz CT molecular complexity index is 555. The number of carbonyl (C=O) groups excluding carboxylic acids is 3. The van der Waals surface area contributed by atoms with Crippen LogP contribution in [0.4, 0.5) is 0 Å². The number of ether oxygens (including phenoxy) is 2. The zero-order chi connectivity index (χ0) is 16.1. The van der Waals surface area contributed by atoms with Crippen molar-refractivity contribution < 1.29 is 23.9 Å². The van der Waals surface area contributed by atoms with E-state index in [0.717, 1.165) is 17.4 Å². The van der Waals surface area contributed by atoms with Gasteiger partial charge in [0.1, 0.15) is 19.0 Å². The van der Waals surface area contributed by atoms with E-state index in [9.17, 15) is 14.4 Å². The molecule has 22 heavy (non-hydrogen) atoms. The zero-order valence-corrected chi connectivity index (χ0v) is 12.7. The fourth-order valence-corrected chi connectivity index (χ4v) is 2.72. The first-order valence-corrected chi connectivity index (χ1v) is 7.38. The molecule has 0 aromatic rings. The molecular weight excluding hydrogens is 284 g/mol. The Morgan fingerprint density at radius 2 is 2.27 bits per heavy atom. The number of fused-ring (bicyclic) bond motifs is 1. The van der Waals surface area contributed by atoms with Crippen molar-refractivity contribution in [2.24, 2.45) is 5.92 Å². The average molecular weight is 304 g/mol. The predicted octanol–water partition coefficient (Wildman–Crippen LogP) is 2.27.